The molecular weight excluding hydrogens is 577 g/mol. The molecule has 5 rings (SSSR count). The number of fused-ring (bicyclic) bond motifs is 1. The van der Waals surface area contributed by atoms with Crippen LogP contribution in [0.4, 0.5) is 5.69 Å². The number of likely N-dealkylation sites (N-methyl/N-ethyl adjacent to an activating group) is 1. The number of hydrogen-bond acceptors (Lipinski definition) is 6. The van der Waals surface area contributed by atoms with Gasteiger partial charge >= 0.3 is 0 Å². The van der Waals surface area contributed by atoms with Crippen LogP contribution in [-0.2, 0) is 17.8 Å². The average Bonchev–Trinajstić information content (AvgIpc) is 3.45. The zero-order valence-electron chi connectivity index (χ0n) is 22.2. The van der Waals surface area contributed by atoms with Gasteiger partial charge in [0.2, 0.25) is 5.91 Å². The second-order valence-electron chi connectivity index (χ2n) is 9.38. The summed E-state index contributed by atoms with van der Waals surface area (Å²) in [5.41, 5.74) is 4.14. The van der Waals surface area contributed by atoms with E-state index < -0.39 is 0 Å². The maximum atomic E-state index is 13.2. The third-order valence-corrected chi connectivity index (χ3v) is 8.33. The SMILES string of the molecule is Cc1ccc2cccc(OCc3c(Cl)ccc(N(C)C(=O)Cc4cc(C(=O)c5ccc(C#N)cc5)cs4)c3Cl)c2n1. The van der Waals surface area contributed by atoms with E-state index in [-0.39, 0.29) is 24.7 Å². The summed E-state index contributed by atoms with van der Waals surface area (Å²) in [6.07, 6.45) is 0.0909. The van der Waals surface area contributed by atoms with Crippen molar-refractivity contribution < 1.29 is 14.3 Å². The maximum Gasteiger partial charge on any atom is 0.232 e. The van der Waals surface area contributed by atoms with Gasteiger partial charge < -0.3 is 9.64 Å². The highest BCUT2D eigenvalue weighted by molar-refractivity contribution is 7.10. The molecule has 1 amide bonds. The van der Waals surface area contributed by atoms with E-state index in [4.69, 9.17) is 33.2 Å². The molecule has 3 aromatic carbocycles. The summed E-state index contributed by atoms with van der Waals surface area (Å²) >= 11 is 14.6. The van der Waals surface area contributed by atoms with Crippen LogP contribution in [0.2, 0.25) is 10.0 Å². The highest BCUT2D eigenvalue weighted by Crippen LogP contribution is 2.35. The number of aromatic nitrogens is 1. The van der Waals surface area contributed by atoms with Crippen molar-refractivity contribution in [1.82, 2.24) is 4.98 Å². The number of para-hydroxylation sites is 1. The molecule has 0 spiro atoms. The molecule has 9 heteroatoms. The van der Waals surface area contributed by atoms with Crippen LogP contribution < -0.4 is 9.64 Å². The molecule has 0 saturated carbocycles. The number of pyridine rings is 1. The number of amides is 1. The zero-order chi connectivity index (χ0) is 29.1. The third-order valence-electron chi connectivity index (χ3n) is 6.61. The number of hydrogen-bond donors (Lipinski definition) is 0. The molecule has 0 aliphatic rings. The summed E-state index contributed by atoms with van der Waals surface area (Å²) in [6.45, 7) is 2.01. The number of nitrogens with zero attached hydrogens (tertiary/aromatic N) is 3. The quantitative estimate of drug-likeness (QED) is 0.170. The predicted octanol–water partition coefficient (Wildman–Crippen LogP) is 7.80. The average molecular weight is 601 g/mol. The van der Waals surface area contributed by atoms with Gasteiger partial charge in [-0.25, -0.2) is 4.98 Å². The van der Waals surface area contributed by atoms with E-state index in [1.54, 1.807) is 54.9 Å². The van der Waals surface area contributed by atoms with Gasteiger partial charge in [0.25, 0.3) is 0 Å². The Kier molecular flexibility index (Phi) is 8.36. The molecule has 6 nitrogen and oxygen atoms in total. The lowest BCUT2D eigenvalue weighted by molar-refractivity contribution is -0.117. The number of benzene rings is 3. The van der Waals surface area contributed by atoms with E-state index in [0.29, 0.717) is 43.7 Å². The first kappa shape index (κ1) is 28.3. The first-order chi connectivity index (χ1) is 19.7. The lowest BCUT2D eigenvalue weighted by Gasteiger charge is -2.21. The molecule has 2 aromatic heterocycles. The van der Waals surface area contributed by atoms with Crippen LogP contribution in [0.25, 0.3) is 10.9 Å². The second-order valence-corrected chi connectivity index (χ2v) is 11.2. The molecule has 0 aliphatic heterocycles. The fourth-order valence-electron chi connectivity index (χ4n) is 4.32. The zero-order valence-corrected chi connectivity index (χ0v) is 24.5. The minimum Gasteiger partial charge on any atom is -0.487 e. The minimum atomic E-state index is -0.200. The number of anilines is 1. The van der Waals surface area contributed by atoms with E-state index in [9.17, 15) is 9.59 Å². The standard InChI is InChI=1S/C32H23Cl2N3O3S/c1-19-6-9-21-4-3-5-28(31(21)36-19)40-17-25-26(33)12-13-27(30(25)34)37(2)29(38)15-24-14-23(18-41-24)32(39)22-10-7-20(16-35)8-11-22/h3-14,18H,15,17H2,1-2H3. The Bertz CT molecular complexity index is 1830. The number of carbonyl (C=O) groups is 2. The number of ketones is 1. The van der Waals surface area contributed by atoms with Crippen LogP contribution in [0, 0.1) is 18.3 Å². The van der Waals surface area contributed by atoms with Crippen LogP contribution in [0.3, 0.4) is 0 Å². The summed E-state index contributed by atoms with van der Waals surface area (Å²) in [5.74, 6) is 0.242. The predicted molar refractivity (Wildman–Crippen MR) is 163 cm³/mol. The van der Waals surface area contributed by atoms with Crippen molar-refractivity contribution in [2.24, 2.45) is 0 Å². The lowest BCUT2D eigenvalue weighted by Crippen LogP contribution is -2.28. The number of rotatable bonds is 8. The summed E-state index contributed by atoms with van der Waals surface area (Å²) in [7, 11) is 1.65. The Morgan fingerprint density at radius 3 is 2.56 bits per heavy atom. The van der Waals surface area contributed by atoms with Gasteiger partial charge in [-0.1, -0.05) is 41.4 Å². The van der Waals surface area contributed by atoms with Crippen LogP contribution in [0.15, 0.2) is 78.2 Å². The fraction of sp³-hybridized carbons (Fsp3) is 0.125. The number of halogens is 2. The highest BCUT2D eigenvalue weighted by atomic mass is 35.5. The van der Waals surface area contributed by atoms with Crippen molar-refractivity contribution in [1.29, 1.82) is 5.26 Å². The van der Waals surface area contributed by atoms with Gasteiger partial charge in [0.1, 0.15) is 17.9 Å². The van der Waals surface area contributed by atoms with Crippen molar-refractivity contribution >= 4 is 62.8 Å². The number of thiophene rings is 1. The van der Waals surface area contributed by atoms with Gasteiger partial charge in [0.05, 0.1) is 28.8 Å². The summed E-state index contributed by atoms with van der Waals surface area (Å²) < 4.78 is 6.11. The van der Waals surface area contributed by atoms with Gasteiger partial charge in [0.15, 0.2) is 5.78 Å². The van der Waals surface area contributed by atoms with Crippen molar-refractivity contribution in [3.8, 4) is 11.8 Å². The number of nitriles is 1. The molecule has 0 radical (unpaired) electrons. The molecule has 41 heavy (non-hydrogen) atoms. The van der Waals surface area contributed by atoms with Crippen molar-refractivity contribution in [3.63, 3.8) is 0 Å². The van der Waals surface area contributed by atoms with Gasteiger partial charge in [0, 0.05) is 50.1 Å². The van der Waals surface area contributed by atoms with Crippen LogP contribution in [-0.4, -0.2) is 23.7 Å². The molecule has 204 valence electrons. The Hall–Kier alpha value is -4.22. The Balaban J connectivity index is 1.30. The molecule has 0 fully saturated rings. The number of ether oxygens (including phenoxy) is 1. The van der Waals surface area contributed by atoms with Gasteiger partial charge in [-0.3, -0.25) is 9.59 Å². The van der Waals surface area contributed by atoms with Crippen molar-refractivity contribution in [2.45, 2.75) is 20.0 Å². The monoisotopic (exact) mass is 599 g/mol. The molecule has 0 N–H and O–H groups in total. The van der Waals surface area contributed by atoms with Crippen LogP contribution >= 0.6 is 34.5 Å². The molecule has 5 aromatic rings. The number of aryl methyl sites for hydroxylation is 1. The van der Waals surface area contributed by atoms with Gasteiger partial charge in [-0.05, 0) is 61.5 Å². The lowest BCUT2D eigenvalue weighted by atomic mass is 10.0. The fourth-order valence-corrected chi connectivity index (χ4v) is 5.78. The Labute approximate surface area is 251 Å². The van der Waals surface area contributed by atoms with Crippen molar-refractivity contribution in [2.75, 3.05) is 11.9 Å². The van der Waals surface area contributed by atoms with E-state index in [0.717, 1.165) is 21.5 Å². The van der Waals surface area contributed by atoms with E-state index >= 15 is 0 Å². The van der Waals surface area contributed by atoms with Gasteiger partial charge in [-0.2, -0.15) is 5.26 Å². The Morgan fingerprint density at radius 2 is 1.80 bits per heavy atom. The molecule has 0 unspecified atom stereocenters. The molecular formula is C32H23Cl2N3O3S. The van der Waals surface area contributed by atoms with Crippen LogP contribution in [0.5, 0.6) is 5.75 Å². The van der Waals surface area contributed by atoms with E-state index in [2.05, 4.69) is 4.98 Å². The van der Waals surface area contributed by atoms with Crippen LogP contribution in [0.1, 0.15) is 37.6 Å². The third kappa shape index (κ3) is 6.10. The second kappa shape index (κ2) is 12.1. The largest absolute Gasteiger partial charge is 0.487 e. The van der Waals surface area contributed by atoms with Gasteiger partial charge in [-0.15, -0.1) is 11.3 Å². The molecule has 0 atom stereocenters. The smallest absolute Gasteiger partial charge is 0.232 e. The first-order valence-electron chi connectivity index (χ1n) is 12.6. The van der Waals surface area contributed by atoms with Crippen molar-refractivity contribution in [3.05, 3.63) is 121 Å². The summed E-state index contributed by atoms with van der Waals surface area (Å²) in [5, 5.41) is 12.4. The maximum absolute atomic E-state index is 13.2. The van der Waals surface area contributed by atoms with E-state index in [1.807, 2.05) is 43.3 Å². The highest BCUT2D eigenvalue weighted by Gasteiger charge is 2.21. The van der Waals surface area contributed by atoms with E-state index in [1.165, 1.54) is 16.2 Å². The molecule has 0 aliphatic carbocycles. The summed E-state index contributed by atoms with van der Waals surface area (Å²) in [4.78, 5) is 32.9. The minimum absolute atomic E-state index is 0.0909. The molecule has 2 heterocycles. The normalized spacial score (nSPS) is 10.8. The first-order valence-corrected chi connectivity index (χ1v) is 14.2. The molecule has 0 saturated heterocycles. The molecule has 0 bridgehead atoms. The summed E-state index contributed by atoms with van der Waals surface area (Å²) in [6, 6.07) is 23.3. The Morgan fingerprint density at radius 1 is 1.02 bits per heavy atom. The number of carbonyl (C=O) groups excluding carboxylic acids is 2. The topological polar surface area (TPSA) is 83.3 Å².